The maximum atomic E-state index is 11.4. The van der Waals surface area contributed by atoms with Crippen molar-refractivity contribution in [2.75, 3.05) is 17.7 Å². The molecule has 0 amide bonds. The van der Waals surface area contributed by atoms with Crippen molar-refractivity contribution in [3.63, 3.8) is 0 Å². The number of nitrogen functional groups attached to an aromatic ring is 1. The van der Waals surface area contributed by atoms with E-state index in [1.807, 2.05) is 24.1 Å². The zero-order chi connectivity index (χ0) is 14.9. The van der Waals surface area contributed by atoms with E-state index in [-0.39, 0.29) is 4.90 Å². The van der Waals surface area contributed by atoms with Crippen molar-refractivity contribution < 1.29 is 8.42 Å². The second-order valence-electron chi connectivity index (χ2n) is 4.33. The zero-order valence-corrected chi connectivity index (χ0v) is 13.1. The quantitative estimate of drug-likeness (QED) is 0.841. The summed E-state index contributed by atoms with van der Waals surface area (Å²) in [5.74, 6) is 0. The van der Waals surface area contributed by atoms with E-state index >= 15 is 0 Å². The number of anilines is 2. The topological polar surface area (TPSA) is 89.4 Å². The first kappa shape index (κ1) is 15.1. The van der Waals surface area contributed by atoms with E-state index < -0.39 is 10.0 Å². The van der Waals surface area contributed by atoms with Gasteiger partial charge in [-0.3, -0.25) is 0 Å². The van der Waals surface area contributed by atoms with E-state index in [0.717, 1.165) is 4.88 Å². The van der Waals surface area contributed by atoms with Crippen LogP contribution in [0.1, 0.15) is 4.88 Å². The summed E-state index contributed by atoms with van der Waals surface area (Å²) in [4.78, 5) is 2.95. The minimum absolute atomic E-state index is 0.0396. The van der Waals surface area contributed by atoms with Crippen LogP contribution in [0, 0.1) is 0 Å². The fourth-order valence-corrected chi connectivity index (χ4v) is 3.46. The van der Waals surface area contributed by atoms with Crippen molar-refractivity contribution in [2.24, 2.45) is 5.14 Å². The van der Waals surface area contributed by atoms with Crippen molar-refractivity contribution in [2.45, 2.75) is 11.4 Å². The average Bonchev–Trinajstić information content (AvgIpc) is 2.73. The van der Waals surface area contributed by atoms with Gasteiger partial charge < -0.3 is 10.6 Å². The molecule has 1 aromatic carbocycles. The van der Waals surface area contributed by atoms with Gasteiger partial charge in [-0.2, -0.15) is 0 Å². The van der Waals surface area contributed by atoms with Crippen LogP contribution in [0.5, 0.6) is 0 Å². The maximum absolute atomic E-state index is 11.4. The van der Waals surface area contributed by atoms with Crippen LogP contribution in [0.25, 0.3) is 0 Å². The van der Waals surface area contributed by atoms with E-state index in [1.165, 1.54) is 29.5 Å². The highest BCUT2D eigenvalue weighted by Gasteiger charge is 2.13. The number of hydrogen-bond donors (Lipinski definition) is 2. The van der Waals surface area contributed by atoms with Gasteiger partial charge in [0.05, 0.1) is 27.2 Å². The molecule has 108 valence electrons. The summed E-state index contributed by atoms with van der Waals surface area (Å²) in [5, 5.41) is 5.13. The molecule has 2 rings (SSSR count). The van der Waals surface area contributed by atoms with Gasteiger partial charge >= 0.3 is 0 Å². The molecule has 1 aromatic heterocycles. The highest BCUT2D eigenvalue weighted by atomic mass is 35.5. The summed E-state index contributed by atoms with van der Waals surface area (Å²) < 4.78 is 23.5. The summed E-state index contributed by atoms with van der Waals surface area (Å²) in [7, 11) is -1.92. The van der Waals surface area contributed by atoms with Crippen LogP contribution in [0.15, 0.2) is 35.2 Å². The van der Waals surface area contributed by atoms with Crippen LogP contribution in [-0.2, 0) is 16.6 Å². The lowest BCUT2D eigenvalue weighted by molar-refractivity contribution is 0.598. The minimum Gasteiger partial charge on any atom is -0.397 e. The Morgan fingerprint density at radius 1 is 1.30 bits per heavy atom. The Morgan fingerprint density at radius 3 is 2.55 bits per heavy atom. The van der Waals surface area contributed by atoms with Crippen LogP contribution < -0.4 is 15.8 Å². The lowest BCUT2D eigenvalue weighted by atomic mass is 10.2. The van der Waals surface area contributed by atoms with Crippen molar-refractivity contribution in [1.29, 1.82) is 0 Å². The molecule has 20 heavy (non-hydrogen) atoms. The predicted molar refractivity (Wildman–Crippen MR) is 83.7 cm³/mol. The van der Waals surface area contributed by atoms with Gasteiger partial charge in [0.25, 0.3) is 0 Å². The molecule has 5 nitrogen and oxygen atoms in total. The number of primary sulfonamides is 1. The molecule has 0 aliphatic carbocycles. The zero-order valence-electron chi connectivity index (χ0n) is 10.7. The Labute approximate surface area is 126 Å². The molecule has 0 fully saturated rings. The Bertz CT molecular complexity index is 728. The van der Waals surface area contributed by atoms with Gasteiger partial charge in [0, 0.05) is 11.9 Å². The van der Waals surface area contributed by atoms with Gasteiger partial charge in [-0.1, -0.05) is 11.6 Å². The van der Waals surface area contributed by atoms with Gasteiger partial charge in [-0.05, 0) is 30.3 Å². The lowest BCUT2D eigenvalue weighted by Crippen LogP contribution is -2.19. The van der Waals surface area contributed by atoms with E-state index in [9.17, 15) is 8.42 Å². The number of nitrogens with zero attached hydrogens (tertiary/aromatic N) is 1. The molecule has 8 heteroatoms. The second kappa shape index (κ2) is 5.61. The van der Waals surface area contributed by atoms with Gasteiger partial charge in [0.2, 0.25) is 10.0 Å². The maximum Gasteiger partial charge on any atom is 0.238 e. The van der Waals surface area contributed by atoms with E-state index in [4.69, 9.17) is 22.5 Å². The fourth-order valence-electron chi connectivity index (χ4n) is 1.79. The normalized spacial score (nSPS) is 11.6. The molecule has 0 spiro atoms. The number of nitrogens with two attached hydrogens (primary N) is 2. The Kier molecular flexibility index (Phi) is 4.24. The molecule has 0 aliphatic rings. The van der Waals surface area contributed by atoms with Crippen molar-refractivity contribution >= 4 is 44.3 Å². The predicted octanol–water partition coefficient (Wildman–Crippen LogP) is 2.27. The number of sulfonamides is 1. The standard InChI is InChI=1S/C12H14ClN3O2S2/c1-16(7-8-2-5-12(13)19-8)11-6-9(20(15,17)18)3-4-10(11)14/h2-6H,7,14H2,1H3,(H2,15,17,18). The molecule has 4 N–H and O–H groups in total. The van der Waals surface area contributed by atoms with Gasteiger partial charge in [-0.25, -0.2) is 13.6 Å². The fraction of sp³-hybridized carbons (Fsp3) is 0.167. The summed E-state index contributed by atoms with van der Waals surface area (Å²) in [6.07, 6.45) is 0. The summed E-state index contributed by atoms with van der Waals surface area (Å²) in [6.45, 7) is 0.579. The molecule has 0 unspecified atom stereocenters. The summed E-state index contributed by atoms with van der Waals surface area (Å²) in [6, 6.07) is 8.14. The molecule has 0 saturated carbocycles. The van der Waals surface area contributed by atoms with Crippen molar-refractivity contribution in [3.05, 3.63) is 39.5 Å². The van der Waals surface area contributed by atoms with Crippen LogP contribution in [0.2, 0.25) is 4.34 Å². The summed E-state index contributed by atoms with van der Waals surface area (Å²) in [5.41, 5.74) is 6.99. The van der Waals surface area contributed by atoms with Crippen LogP contribution in [-0.4, -0.2) is 15.5 Å². The molecule has 0 radical (unpaired) electrons. The van der Waals surface area contributed by atoms with Crippen LogP contribution in [0.3, 0.4) is 0 Å². The Morgan fingerprint density at radius 2 is 2.00 bits per heavy atom. The second-order valence-corrected chi connectivity index (χ2v) is 7.69. The molecule has 1 heterocycles. The Hall–Kier alpha value is -1.28. The number of halogens is 1. The van der Waals surface area contributed by atoms with Crippen LogP contribution >= 0.6 is 22.9 Å². The Balaban J connectivity index is 2.31. The van der Waals surface area contributed by atoms with Gasteiger partial charge in [-0.15, -0.1) is 11.3 Å². The molecular formula is C12H14ClN3O2S2. The van der Waals surface area contributed by atoms with E-state index in [2.05, 4.69) is 0 Å². The minimum atomic E-state index is -3.75. The van der Waals surface area contributed by atoms with Crippen molar-refractivity contribution in [1.82, 2.24) is 0 Å². The van der Waals surface area contributed by atoms with Crippen LogP contribution in [0.4, 0.5) is 11.4 Å². The number of thiophene rings is 1. The average molecular weight is 332 g/mol. The number of rotatable bonds is 4. The van der Waals surface area contributed by atoms with Gasteiger partial charge in [0.15, 0.2) is 0 Å². The lowest BCUT2D eigenvalue weighted by Gasteiger charge is -2.21. The molecule has 2 aromatic rings. The van der Waals surface area contributed by atoms with Crippen molar-refractivity contribution in [3.8, 4) is 0 Å². The first-order chi connectivity index (χ1) is 9.27. The summed E-state index contributed by atoms with van der Waals surface area (Å²) >= 11 is 7.35. The van der Waals surface area contributed by atoms with Gasteiger partial charge in [0.1, 0.15) is 0 Å². The third-order valence-electron chi connectivity index (χ3n) is 2.76. The van der Waals surface area contributed by atoms with E-state index in [1.54, 1.807) is 0 Å². The smallest absolute Gasteiger partial charge is 0.238 e. The largest absolute Gasteiger partial charge is 0.397 e. The third kappa shape index (κ3) is 3.43. The third-order valence-corrected chi connectivity index (χ3v) is 4.89. The molecule has 0 atom stereocenters. The highest BCUT2D eigenvalue weighted by molar-refractivity contribution is 7.89. The molecule has 0 bridgehead atoms. The monoisotopic (exact) mass is 331 g/mol. The highest BCUT2D eigenvalue weighted by Crippen LogP contribution is 2.29. The molecular weight excluding hydrogens is 318 g/mol. The molecule has 0 saturated heterocycles. The van der Waals surface area contributed by atoms with E-state index in [0.29, 0.717) is 22.3 Å². The molecule has 0 aliphatic heterocycles. The first-order valence-electron chi connectivity index (χ1n) is 5.65. The first-order valence-corrected chi connectivity index (χ1v) is 8.39. The number of benzene rings is 1. The SMILES string of the molecule is CN(Cc1ccc(Cl)s1)c1cc(S(N)(=O)=O)ccc1N. The number of hydrogen-bond acceptors (Lipinski definition) is 5.